The lowest BCUT2D eigenvalue weighted by Crippen LogP contribution is -2.16. The maximum atomic E-state index is 11.2. The Morgan fingerprint density at radius 1 is 1.00 bits per heavy atom. The van der Waals surface area contributed by atoms with Gasteiger partial charge in [-0.15, -0.1) is 12.4 Å². The van der Waals surface area contributed by atoms with Gasteiger partial charge >= 0.3 is 5.97 Å². The molecule has 0 bridgehead atoms. The van der Waals surface area contributed by atoms with E-state index in [1.807, 2.05) is 12.1 Å². The molecular formula is C20H21ClN2O5S. The van der Waals surface area contributed by atoms with Crippen LogP contribution in [0.1, 0.15) is 21.7 Å². The van der Waals surface area contributed by atoms with E-state index in [1.54, 1.807) is 36.4 Å². The van der Waals surface area contributed by atoms with Gasteiger partial charge in [0.25, 0.3) is 0 Å². The highest BCUT2D eigenvalue weighted by atomic mass is 35.5. The molecule has 0 fully saturated rings. The van der Waals surface area contributed by atoms with Crippen molar-refractivity contribution in [1.29, 1.82) is 0 Å². The molecule has 154 valence electrons. The Hall–Kier alpha value is -2.65. The van der Waals surface area contributed by atoms with E-state index in [1.165, 1.54) is 12.1 Å². The van der Waals surface area contributed by atoms with Crippen molar-refractivity contribution in [1.82, 2.24) is 5.32 Å². The van der Waals surface area contributed by atoms with Gasteiger partial charge in [-0.05, 0) is 54.9 Å². The molecule has 0 amide bonds. The zero-order valence-corrected chi connectivity index (χ0v) is 17.0. The van der Waals surface area contributed by atoms with Crippen LogP contribution in [-0.2, 0) is 23.0 Å². The summed E-state index contributed by atoms with van der Waals surface area (Å²) in [6.45, 7) is 1.24. The van der Waals surface area contributed by atoms with E-state index in [0.717, 1.165) is 23.3 Å². The number of benzene rings is 2. The third kappa shape index (κ3) is 6.16. The van der Waals surface area contributed by atoms with Crippen LogP contribution in [-0.4, -0.2) is 26.0 Å². The Balaban J connectivity index is 0.00000300. The van der Waals surface area contributed by atoms with Gasteiger partial charge < -0.3 is 14.8 Å². The van der Waals surface area contributed by atoms with Gasteiger partial charge in [0.2, 0.25) is 10.0 Å². The van der Waals surface area contributed by atoms with Crippen LogP contribution in [0.4, 0.5) is 0 Å². The average molecular weight is 437 g/mol. The second kappa shape index (κ2) is 9.71. The summed E-state index contributed by atoms with van der Waals surface area (Å²) in [5.41, 5.74) is 2.04. The van der Waals surface area contributed by atoms with Crippen molar-refractivity contribution in [2.24, 2.45) is 5.14 Å². The van der Waals surface area contributed by atoms with Crippen molar-refractivity contribution in [3.05, 3.63) is 77.6 Å². The van der Waals surface area contributed by atoms with Gasteiger partial charge in [0.1, 0.15) is 11.5 Å². The molecule has 1 heterocycles. The van der Waals surface area contributed by atoms with Crippen molar-refractivity contribution in [3.8, 4) is 11.3 Å². The summed E-state index contributed by atoms with van der Waals surface area (Å²) in [6, 6.07) is 16.7. The number of carbonyl (C=O) groups is 1. The molecule has 0 unspecified atom stereocenters. The highest BCUT2D eigenvalue weighted by molar-refractivity contribution is 7.89. The van der Waals surface area contributed by atoms with E-state index >= 15 is 0 Å². The van der Waals surface area contributed by atoms with Gasteiger partial charge in [0, 0.05) is 5.56 Å². The average Bonchev–Trinajstić information content (AvgIpc) is 3.14. The third-order valence-corrected chi connectivity index (χ3v) is 5.15. The fourth-order valence-corrected chi connectivity index (χ4v) is 3.21. The number of primary sulfonamides is 1. The minimum absolute atomic E-state index is 0. The van der Waals surface area contributed by atoms with Crippen LogP contribution in [0.25, 0.3) is 11.3 Å². The second-order valence-corrected chi connectivity index (χ2v) is 7.83. The van der Waals surface area contributed by atoms with Crippen LogP contribution in [0.3, 0.4) is 0 Å². The lowest BCUT2D eigenvalue weighted by molar-refractivity contribution is 0.0697. The lowest BCUT2D eigenvalue weighted by Gasteiger charge is -2.05. The molecule has 0 aliphatic rings. The molecule has 3 rings (SSSR count). The van der Waals surface area contributed by atoms with E-state index in [9.17, 15) is 13.2 Å². The Bertz CT molecular complexity index is 1060. The van der Waals surface area contributed by atoms with E-state index in [0.29, 0.717) is 18.8 Å². The first-order valence-electron chi connectivity index (χ1n) is 8.58. The predicted molar refractivity (Wildman–Crippen MR) is 112 cm³/mol. The third-order valence-electron chi connectivity index (χ3n) is 4.22. The van der Waals surface area contributed by atoms with Gasteiger partial charge in [-0.2, -0.15) is 0 Å². The largest absolute Gasteiger partial charge is 0.478 e. The Morgan fingerprint density at radius 3 is 2.24 bits per heavy atom. The van der Waals surface area contributed by atoms with Gasteiger partial charge in [0.15, 0.2) is 0 Å². The summed E-state index contributed by atoms with van der Waals surface area (Å²) in [5.74, 6) is 0.476. The molecule has 0 saturated heterocycles. The van der Waals surface area contributed by atoms with Crippen LogP contribution >= 0.6 is 12.4 Å². The molecule has 9 heteroatoms. The molecule has 7 nitrogen and oxygen atoms in total. The molecule has 3 aromatic rings. The smallest absolute Gasteiger partial charge is 0.335 e. The normalized spacial score (nSPS) is 11.1. The van der Waals surface area contributed by atoms with Crippen molar-refractivity contribution in [2.75, 3.05) is 6.54 Å². The van der Waals surface area contributed by atoms with Crippen molar-refractivity contribution in [3.63, 3.8) is 0 Å². The predicted octanol–water partition coefficient (Wildman–Crippen LogP) is 3.05. The van der Waals surface area contributed by atoms with Gasteiger partial charge in [0.05, 0.1) is 17.0 Å². The van der Waals surface area contributed by atoms with Gasteiger partial charge in [-0.25, -0.2) is 18.4 Å². The minimum atomic E-state index is -3.67. The van der Waals surface area contributed by atoms with E-state index < -0.39 is 16.0 Å². The van der Waals surface area contributed by atoms with Crippen LogP contribution in [0.2, 0.25) is 0 Å². The first-order chi connectivity index (χ1) is 13.3. The first kappa shape index (κ1) is 22.6. The number of aromatic carboxylic acids is 1. The SMILES string of the molecule is Cl.NS(=O)(=O)c1ccc(CCNCc2ccc(-c3ccc(C(=O)O)cc3)o2)cc1. The molecule has 0 saturated carbocycles. The molecular weight excluding hydrogens is 416 g/mol. The zero-order chi connectivity index (χ0) is 20.1. The summed E-state index contributed by atoms with van der Waals surface area (Å²) in [6.07, 6.45) is 0.731. The highest BCUT2D eigenvalue weighted by Gasteiger charge is 2.08. The quantitative estimate of drug-likeness (QED) is 0.466. The zero-order valence-electron chi connectivity index (χ0n) is 15.4. The summed E-state index contributed by atoms with van der Waals surface area (Å²) in [7, 11) is -3.67. The summed E-state index contributed by atoms with van der Waals surface area (Å²) in [5, 5.41) is 17.3. The summed E-state index contributed by atoms with van der Waals surface area (Å²) in [4.78, 5) is 11.0. The number of hydrogen-bond acceptors (Lipinski definition) is 5. The van der Waals surface area contributed by atoms with Crippen molar-refractivity contribution >= 4 is 28.4 Å². The molecule has 0 spiro atoms. The molecule has 1 aromatic heterocycles. The van der Waals surface area contributed by atoms with E-state index in [2.05, 4.69) is 5.32 Å². The number of halogens is 1. The number of nitrogens with one attached hydrogen (secondary N) is 1. The fraction of sp³-hybridized carbons (Fsp3) is 0.150. The second-order valence-electron chi connectivity index (χ2n) is 6.26. The number of sulfonamides is 1. The maximum Gasteiger partial charge on any atom is 0.335 e. The molecule has 2 aromatic carbocycles. The fourth-order valence-electron chi connectivity index (χ4n) is 2.70. The monoisotopic (exact) mass is 436 g/mol. The Kier molecular flexibility index (Phi) is 7.58. The molecule has 29 heavy (non-hydrogen) atoms. The van der Waals surface area contributed by atoms with Crippen LogP contribution in [0.5, 0.6) is 0 Å². The molecule has 4 N–H and O–H groups in total. The van der Waals surface area contributed by atoms with Crippen molar-refractivity contribution < 1.29 is 22.7 Å². The van der Waals surface area contributed by atoms with E-state index in [4.69, 9.17) is 14.7 Å². The Labute approximate surface area is 175 Å². The number of rotatable bonds is 8. The summed E-state index contributed by atoms with van der Waals surface area (Å²) < 4.78 is 28.3. The maximum absolute atomic E-state index is 11.2. The van der Waals surface area contributed by atoms with Gasteiger partial charge in [-0.3, -0.25) is 0 Å². The topological polar surface area (TPSA) is 123 Å². The van der Waals surface area contributed by atoms with Gasteiger partial charge in [-0.1, -0.05) is 24.3 Å². The number of furan rings is 1. The standard InChI is InChI=1S/C20H20N2O5S.ClH/c21-28(25,26)18-8-1-14(2-9-18)11-12-22-13-17-7-10-19(27-17)15-3-5-16(6-4-15)20(23)24;/h1-10,22H,11-13H2,(H,23,24)(H2,21,25,26);1H. The van der Waals surface area contributed by atoms with Crippen LogP contribution in [0, 0.1) is 0 Å². The molecule has 0 radical (unpaired) electrons. The number of hydrogen-bond donors (Lipinski definition) is 3. The lowest BCUT2D eigenvalue weighted by atomic mass is 10.1. The number of carboxylic acid groups (broad SMARTS) is 1. The molecule has 0 aliphatic heterocycles. The van der Waals surface area contributed by atoms with E-state index in [-0.39, 0.29) is 22.9 Å². The first-order valence-corrected chi connectivity index (χ1v) is 10.1. The number of carboxylic acids is 1. The molecule has 0 atom stereocenters. The van der Waals surface area contributed by atoms with Crippen molar-refractivity contribution in [2.45, 2.75) is 17.9 Å². The minimum Gasteiger partial charge on any atom is -0.478 e. The van der Waals surface area contributed by atoms with Crippen LogP contribution in [0.15, 0.2) is 70.0 Å². The molecule has 0 aliphatic carbocycles. The van der Waals surface area contributed by atoms with Crippen LogP contribution < -0.4 is 10.5 Å². The summed E-state index contributed by atoms with van der Waals surface area (Å²) >= 11 is 0. The number of nitrogens with two attached hydrogens (primary N) is 1. The highest BCUT2D eigenvalue weighted by Crippen LogP contribution is 2.22. The Morgan fingerprint density at radius 2 is 1.66 bits per heavy atom.